The molecule has 2 aromatic rings. The van der Waals surface area contributed by atoms with Gasteiger partial charge in [0.05, 0.1) is 19.6 Å². The molecule has 0 amide bonds. The Morgan fingerprint density at radius 1 is 1.12 bits per heavy atom. The van der Waals surface area contributed by atoms with Gasteiger partial charge in [0.15, 0.2) is 6.61 Å². The first kappa shape index (κ1) is 18.5. The highest BCUT2D eigenvalue weighted by Gasteiger charge is 2.17. The average Bonchev–Trinajstić information content (AvgIpc) is 2.62. The molecular weight excluding hydrogens is 326 g/mol. The van der Waals surface area contributed by atoms with E-state index in [9.17, 15) is 9.70 Å². The molecule has 25 heavy (non-hydrogen) atoms. The van der Waals surface area contributed by atoms with Crippen molar-refractivity contribution in [2.24, 2.45) is 0 Å². The number of methoxy groups -OCH3 is 1. The van der Waals surface area contributed by atoms with E-state index in [0.717, 1.165) is 22.1 Å². The highest BCUT2D eigenvalue weighted by atomic mass is 16.9. The van der Waals surface area contributed by atoms with E-state index >= 15 is 0 Å². The predicted molar refractivity (Wildman–Crippen MR) is 90.5 cm³/mol. The van der Waals surface area contributed by atoms with Crippen molar-refractivity contribution >= 4 is 16.7 Å². The van der Waals surface area contributed by atoms with E-state index in [4.69, 9.17) is 14.7 Å². The molecule has 0 aromatic heterocycles. The van der Waals surface area contributed by atoms with Crippen molar-refractivity contribution < 1.29 is 29.4 Å². The van der Waals surface area contributed by atoms with Crippen LogP contribution >= 0.6 is 0 Å². The van der Waals surface area contributed by atoms with Crippen LogP contribution in [-0.2, 0) is 14.4 Å². The third-order valence-electron chi connectivity index (χ3n) is 3.91. The summed E-state index contributed by atoms with van der Waals surface area (Å²) in [5.41, 5.74) is 0.883. The number of rotatable bonds is 9. The fraction of sp³-hybridized carbons (Fsp3) is 0.389. The zero-order chi connectivity index (χ0) is 18.2. The minimum Gasteiger partial charge on any atom is -0.497 e. The minimum atomic E-state index is -0.580. The molecule has 2 rings (SSSR count). The fourth-order valence-corrected chi connectivity index (χ4v) is 2.42. The zero-order valence-corrected chi connectivity index (χ0v) is 14.3. The van der Waals surface area contributed by atoms with Crippen molar-refractivity contribution in [1.29, 1.82) is 0 Å². The number of benzene rings is 2. The third kappa shape index (κ3) is 5.34. The summed E-state index contributed by atoms with van der Waals surface area (Å²) in [5.74, 6) is 0.108. The highest BCUT2D eigenvalue weighted by molar-refractivity contribution is 5.86. The summed E-state index contributed by atoms with van der Waals surface area (Å²) < 4.78 is 10.5. The van der Waals surface area contributed by atoms with Crippen molar-refractivity contribution in [3.8, 4) is 5.75 Å². The molecule has 0 spiro atoms. The molecule has 7 heteroatoms. The van der Waals surface area contributed by atoms with Crippen LogP contribution in [0.2, 0.25) is 0 Å². The first-order valence-electron chi connectivity index (χ1n) is 8.04. The maximum absolute atomic E-state index is 12.1. The first-order valence-corrected chi connectivity index (χ1v) is 8.04. The monoisotopic (exact) mass is 348 g/mol. The molecule has 7 nitrogen and oxygen atoms in total. The van der Waals surface area contributed by atoms with E-state index in [0.29, 0.717) is 12.8 Å². The number of hydrogen-bond acceptors (Lipinski definition) is 5. The smallest absolute Gasteiger partial charge is 0.475 e. The predicted octanol–water partition coefficient (Wildman–Crippen LogP) is 3.38. The number of unbranched alkanes of at least 4 members (excludes halogenated alkanes) is 1. The van der Waals surface area contributed by atoms with Gasteiger partial charge in [-0.3, -0.25) is 4.79 Å². The summed E-state index contributed by atoms with van der Waals surface area (Å²) in [5, 5.41) is 9.75. The number of hydrogen-bond donors (Lipinski definition) is 1. The number of esters is 1. The van der Waals surface area contributed by atoms with E-state index < -0.39 is 5.09 Å². The number of nitrogens with zero attached hydrogens (tertiary/aromatic N) is 1. The maximum Gasteiger partial charge on any atom is 0.475 e. The molecule has 0 bridgehead atoms. The van der Waals surface area contributed by atoms with Crippen molar-refractivity contribution in [2.75, 3.05) is 20.3 Å². The fourth-order valence-electron chi connectivity index (χ4n) is 2.42. The summed E-state index contributed by atoms with van der Waals surface area (Å²) in [6.07, 6.45) is 1.04. The van der Waals surface area contributed by atoms with Crippen LogP contribution in [0, 0.1) is 4.91 Å². The second-order valence-electron chi connectivity index (χ2n) is 5.64. The van der Waals surface area contributed by atoms with Gasteiger partial charge >= 0.3 is 11.1 Å². The number of carbonyl (C=O) groups is 1. The standard InChI is InChI=1S/C18H22NO6/c1-13(18(20)24-9-3-4-10-25-19(21)22)14-5-6-16-12-17(23-2)8-7-15(16)11-14/h5-8,11-13H,3-4,9-10H2,1-2H3,(H,21,22)/q+1/t13-/m0/s1. The van der Waals surface area contributed by atoms with Gasteiger partial charge in [0.1, 0.15) is 10.7 Å². The van der Waals surface area contributed by atoms with E-state index in [1.165, 1.54) is 0 Å². The van der Waals surface area contributed by atoms with Crippen molar-refractivity contribution in [1.82, 2.24) is 0 Å². The Morgan fingerprint density at radius 2 is 1.80 bits per heavy atom. The summed E-state index contributed by atoms with van der Waals surface area (Å²) >= 11 is 0. The van der Waals surface area contributed by atoms with Crippen molar-refractivity contribution in [3.63, 3.8) is 0 Å². The maximum atomic E-state index is 12.1. The van der Waals surface area contributed by atoms with Crippen LogP contribution in [0.5, 0.6) is 5.75 Å². The zero-order valence-electron chi connectivity index (χ0n) is 14.3. The van der Waals surface area contributed by atoms with Gasteiger partial charge in [-0.15, -0.1) is 0 Å². The van der Waals surface area contributed by atoms with Crippen LogP contribution in [0.1, 0.15) is 31.2 Å². The minimum absolute atomic E-state index is 0.0707. The van der Waals surface area contributed by atoms with Gasteiger partial charge in [-0.1, -0.05) is 24.3 Å². The van der Waals surface area contributed by atoms with Crippen molar-refractivity contribution in [2.45, 2.75) is 25.7 Å². The second-order valence-corrected chi connectivity index (χ2v) is 5.64. The molecule has 0 radical (unpaired) electrons. The molecule has 0 fully saturated rings. The lowest BCUT2D eigenvalue weighted by Gasteiger charge is -2.13. The van der Waals surface area contributed by atoms with E-state index in [2.05, 4.69) is 4.84 Å². The molecule has 0 heterocycles. The molecule has 1 N–H and O–H groups in total. The quantitative estimate of drug-likeness (QED) is 0.425. The summed E-state index contributed by atoms with van der Waals surface area (Å²) in [7, 11) is 1.63. The van der Waals surface area contributed by atoms with Gasteiger partial charge in [-0.25, -0.2) is 5.21 Å². The summed E-state index contributed by atoms with van der Waals surface area (Å²) in [6, 6.07) is 11.6. The highest BCUT2D eigenvalue weighted by Crippen LogP contribution is 2.25. The summed E-state index contributed by atoms with van der Waals surface area (Å²) in [6.45, 7) is 2.11. The molecule has 134 valence electrons. The van der Waals surface area contributed by atoms with E-state index in [-0.39, 0.29) is 25.1 Å². The van der Waals surface area contributed by atoms with Gasteiger partial charge in [0.2, 0.25) is 0 Å². The van der Waals surface area contributed by atoms with E-state index in [1.807, 2.05) is 36.4 Å². The molecule has 0 saturated heterocycles. The largest absolute Gasteiger partial charge is 0.497 e. The van der Waals surface area contributed by atoms with Crippen molar-refractivity contribution in [3.05, 3.63) is 46.9 Å². The molecule has 1 atom stereocenters. The van der Waals surface area contributed by atoms with Gasteiger partial charge < -0.3 is 9.47 Å². The second kappa shape index (κ2) is 8.86. The molecule has 2 aromatic carbocycles. The third-order valence-corrected chi connectivity index (χ3v) is 3.91. The average molecular weight is 348 g/mol. The van der Waals surface area contributed by atoms with Gasteiger partial charge in [0.25, 0.3) is 0 Å². The summed E-state index contributed by atoms with van der Waals surface area (Å²) in [4.78, 5) is 26.6. The molecule has 0 saturated carbocycles. The molecule has 0 unspecified atom stereocenters. The Bertz CT molecular complexity index is 745. The van der Waals surface area contributed by atoms with E-state index in [1.54, 1.807) is 14.0 Å². The Morgan fingerprint density at radius 3 is 2.52 bits per heavy atom. The van der Waals surface area contributed by atoms with Crippen LogP contribution in [0.3, 0.4) is 0 Å². The van der Waals surface area contributed by atoms with Gasteiger partial charge in [-0.05, 0) is 48.2 Å². The van der Waals surface area contributed by atoms with Crippen LogP contribution in [-0.4, -0.2) is 36.6 Å². The number of fused-ring (bicyclic) bond motifs is 1. The van der Waals surface area contributed by atoms with Gasteiger partial charge in [0, 0.05) is 0 Å². The van der Waals surface area contributed by atoms with Crippen LogP contribution < -0.4 is 4.74 Å². The number of carbonyl (C=O) groups excluding carboxylic acids is 1. The molecular formula is C18H22NO6+. The Hall–Kier alpha value is -2.83. The molecule has 0 aliphatic carbocycles. The lowest BCUT2D eigenvalue weighted by atomic mass is 9.98. The molecule has 0 aliphatic rings. The Balaban J connectivity index is 1.88. The Labute approximate surface area is 145 Å². The molecule has 0 aliphatic heterocycles. The van der Waals surface area contributed by atoms with Crippen LogP contribution in [0.25, 0.3) is 10.8 Å². The van der Waals surface area contributed by atoms with Crippen LogP contribution in [0.15, 0.2) is 36.4 Å². The lowest BCUT2D eigenvalue weighted by molar-refractivity contribution is -0.975. The van der Waals surface area contributed by atoms with Gasteiger partial charge in [-0.2, -0.15) is 4.84 Å². The van der Waals surface area contributed by atoms with Crippen LogP contribution in [0.4, 0.5) is 0 Å². The Kier molecular flexibility index (Phi) is 6.56. The SMILES string of the molecule is COc1ccc2cc([C@H](C)C(=O)OCCCCO[N+](=O)O)ccc2c1. The number of ether oxygens (including phenoxy) is 2. The lowest BCUT2D eigenvalue weighted by Crippen LogP contribution is -2.14. The normalized spacial score (nSPS) is 11.8. The first-order chi connectivity index (χ1) is 12.0. The topological polar surface area (TPSA) is 85.1 Å².